The summed E-state index contributed by atoms with van der Waals surface area (Å²) in [5.41, 5.74) is 1.23. The van der Waals surface area contributed by atoms with Crippen molar-refractivity contribution >= 4 is 11.3 Å². The molecule has 0 saturated heterocycles. The van der Waals surface area contributed by atoms with Crippen LogP contribution in [-0.4, -0.2) is 29.5 Å². The fourth-order valence-corrected chi connectivity index (χ4v) is 2.75. The van der Waals surface area contributed by atoms with Gasteiger partial charge in [-0.2, -0.15) is 0 Å². The van der Waals surface area contributed by atoms with Crippen molar-refractivity contribution < 1.29 is 0 Å². The quantitative estimate of drug-likeness (QED) is 0.697. The number of unbranched alkanes of at least 4 members (excludes halogenated alkanes) is 2. The second-order valence-electron chi connectivity index (χ2n) is 5.33. The summed E-state index contributed by atoms with van der Waals surface area (Å²) in [6, 6.07) is 0.772. The monoisotopic (exact) mass is 267 g/mol. The average molecular weight is 267 g/mol. The van der Waals surface area contributed by atoms with Crippen LogP contribution in [0.5, 0.6) is 0 Å². The summed E-state index contributed by atoms with van der Waals surface area (Å²) in [7, 11) is 2.19. The molecule has 1 N–H and O–H groups in total. The van der Waals surface area contributed by atoms with E-state index in [9.17, 15) is 0 Å². The lowest BCUT2D eigenvalue weighted by Gasteiger charge is -2.14. The van der Waals surface area contributed by atoms with Crippen LogP contribution in [0.25, 0.3) is 0 Å². The van der Waals surface area contributed by atoms with Crippen molar-refractivity contribution in [3.63, 3.8) is 0 Å². The van der Waals surface area contributed by atoms with Gasteiger partial charge in [0.25, 0.3) is 0 Å². The van der Waals surface area contributed by atoms with Gasteiger partial charge >= 0.3 is 0 Å². The standard InChI is InChI=1S/C14H25N3S/c1-3-4-5-8-17(2)10-13-11-18-14(16-13)9-15-12-6-7-12/h11-12,15H,3-10H2,1-2H3. The van der Waals surface area contributed by atoms with Crippen LogP contribution in [0.4, 0.5) is 0 Å². The van der Waals surface area contributed by atoms with Gasteiger partial charge in [-0.3, -0.25) is 0 Å². The fourth-order valence-electron chi connectivity index (χ4n) is 2.01. The van der Waals surface area contributed by atoms with E-state index in [0.717, 1.165) is 19.1 Å². The van der Waals surface area contributed by atoms with E-state index in [-0.39, 0.29) is 0 Å². The van der Waals surface area contributed by atoms with Crippen molar-refractivity contribution in [2.75, 3.05) is 13.6 Å². The van der Waals surface area contributed by atoms with Crippen molar-refractivity contribution in [3.05, 3.63) is 16.1 Å². The third-order valence-electron chi connectivity index (χ3n) is 3.29. The minimum atomic E-state index is 0.772. The molecule has 1 fully saturated rings. The first-order valence-electron chi connectivity index (χ1n) is 7.13. The molecule has 1 aromatic rings. The number of nitrogens with zero attached hydrogens (tertiary/aromatic N) is 2. The Labute approximate surface area is 115 Å². The molecule has 0 aromatic carbocycles. The number of thiazole rings is 1. The molecule has 1 aliphatic rings. The summed E-state index contributed by atoms with van der Waals surface area (Å²) < 4.78 is 0. The summed E-state index contributed by atoms with van der Waals surface area (Å²) >= 11 is 1.79. The highest BCUT2D eigenvalue weighted by atomic mass is 32.1. The predicted octanol–water partition coefficient (Wildman–Crippen LogP) is 3.02. The van der Waals surface area contributed by atoms with E-state index in [2.05, 4.69) is 29.6 Å². The second kappa shape index (κ2) is 7.22. The summed E-state index contributed by atoms with van der Waals surface area (Å²) in [5, 5.41) is 6.96. The van der Waals surface area contributed by atoms with Gasteiger partial charge in [-0.25, -0.2) is 4.98 Å². The van der Waals surface area contributed by atoms with E-state index in [0.29, 0.717) is 0 Å². The SMILES string of the molecule is CCCCCN(C)Cc1csc(CNC2CC2)n1. The zero-order chi connectivity index (χ0) is 12.8. The Bertz CT molecular complexity index is 347. The first-order chi connectivity index (χ1) is 8.78. The molecule has 0 spiro atoms. The zero-order valence-electron chi connectivity index (χ0n) is 11.6. The molecule has 1 aromatic heterocycles. The van der Waals surface area contributed by atoms with E-state index < -0.39 is 0 Å². The van der Waals surface area contributed by atoms with Gasteiger partial charge in [0.1, 0.15) is 5.01 Å². The minimum Gasteiger partial charge on any atom is -0.308 e. The zero-order valence-corrected chi connectivity index (χ0v) is 12.4. The smallest absolute Gasteiger partial charge is 0.107 e. The van der Waals surface area contributed by atoms with Crippen LogP contribution in [0.2, 0.25) is 0 Å². The second-order valence-corrected chi connectivity index (χ2v) is 6.28. The van der Waals surface area contributed by atoms with E-state index in [4.69, 9.17) is 4.98 Å². The number of hydrogen-bond acceptors (Lipinski definition) is 4. The van der Waals surface area contributed by atoms with Gasteiger partial charge in [0.05, 0.1) is 5.69 Å². The lowest BCUT2D eigenvalue weighted by Crippen LogP contribution is -2.19. The van der Waals surface area contributed by atoms with Gasteiger partial charge in [-0.15, -0.1) is 11.3 Å². The molecule has 0 amide bonds. The Morgan fingerprint density at radius 3 is 3.00 bits per heavy atom. The Balaban J connectivity index is 1.67. The molecular weight excluding hydrogens is 242 g/mol. The predicted molar refractivity (Wildman–Crippen MR) is 77.8 cm³/mol. The van der Waals surface area contributed by atoms with Gasteiger partial charge in [0.2, 0.25) is 0 Å². The molecule has 0 radical (unpaired) electrons. The molecule has 0 atom stereocenters. The lowest BCUT2D eigenvalue weighted by atomic mass is 10.2. The molecule has 4 heteroatoms. The van der Waals surface area contributed by atoms with Crippen molar-refractivity contribution in [1.29, 1.82) is 0 Å². The maximum Gasteiger partial charge on any atom is 0.107 e. The Morgan fingerprint density at radius 2 is 2.28 bits per heavy atom. The van der Waals surface area contributed by atoms with E-state index in [1.165, 1.54) is 49.4 Å². The largest absolute Gasteiger partial charge is 0.308 e. The lowest BCUT2D eigenvalue weighted by molar-refractivity contribution is 0.315. The minimum absolute atomic E-state index is 0.772. The third kappa shape index (κ3) is 5.04. The summed E-state index contributed by atoms with van der Waals surface area (Å²) in [6.45, 7) is 5.37. The highest BCUT2D eigenvalue weighted by Gasteiger charge is 2.20. The molecule has 18 heavy (non-hydrogen) atoms. The number of aromatic nitrogens is 1. The van der Waals surface area contributed by atoms with Crippen LogP contribution in [0.3, 0.4) is 0 Å². The van der Waals surface area contributed by atoms with E-state index in [1.54, 1.807) is 11.3 Å². The van der Waals surface area contributed by atoms with Crippen molar-refractivity contribution in [3.8, 4) is 0 Å². The molecule has 1 saturated carbocycles. The number of nitrogens with one attached hydrogen (secondary N) is 1. The molecule has 0 aliphatic heterocycles. The van der Waals surface area contributed by atoms with Gasteiger partial charge in [-0.05, 0) is 32.9 Å². The highest BCUT2D eigenvalue weighted by molar-refractivity contribution is 7.09. The molecule has 0 unspecified atom stereocenters. The third-order valence-corrected chi connectivity index (χ3v) is 4.19. The highest BCUT2D eigenvalue weighted by Crippen LogP contribution is 2.20. The fraction of sp³-hybridized carbons (Fsp3) is 0.786. The summed E-state index contributed by atoms with van der Waals surface area (Å²) in [5.74, 6) is 0. The van der Waals surface area contributed by atoms with Crippen LogP contribution >= 0.6 is 11.3 Å². The van der Waals surface area contributed by atoms with Crippen LogP contribution in [0, 0.1) is 0 Å². The van der Waals surface area contributed by atoms with Crippen molar-refractivity contribution in [2.45, 2.75) is 58.2 Å². The van der Waals surface area contributed by atoms with E-state index in [1.807, 2.05) is 0 Å². The Kier molecular flexibility index (Phi) is 5.60. The molecule has 1 aliphatic carbocycles. The average Bonchev–Trinajstić information content (AvgIpc) is 3.08. The van der Waals surface area contributed by atoms with Gasteiger partial charge < -0.3 is 10.2 Å². The van der Waals surface area contributed by atoms with Gasteiger partial charge in [-0.1, -0.05) is 19.8 Å². The molecule has 2 rings (SSSR count). The van der Waals surface area contributed by atoms with Crippen molar-refractivity contribution in [2.24, 2.45) is 0 Å². The number of hydrogen-bond donors (Lipinski definition) is 1. The molecular formula is C14H25N3S. The maximum atomic E-state index is 4.69. The maximum absolute atomic E-state index is 4.69. The molecule has 1 heterocycles. The molecule has 102 valence electrons. The summed E-state index contributed by atoms with van der Waals surface area (Å²) in [6.07, 6.45) is 6.61. The van der Waals surface area contributed by atoms with E-state index >= 15 is 0 Å². The van der Waals surface area contributed by atoms with Gasteiger partial charge in [0, 0.05) is 24.5 Å². The number of rotatable bonds is 9. The molecule has 0 bridgehead atoms. The normalized spacial score (nSPS) is 15.5. The Hall–Kier alpha value is -0.450. The van der Waals surface area contributed by atoms with Crippen molar-refractivity contribution in [1.82, 2.24) is 15.2 Å². The van der Waals surface area contributed by atoms with Crippen LogP contribution in [0.1, 0.15) is 49.7 Å². The van der Waals surface area contributed by atoms with Gasteiger partial charge in [0.15, 0.2) is 0 Å². The van der Waals surface area contributed by atoms with Crippen LogP contribution in [0.15, 0.2) is 5.38 Å². The Morgan fingerprint density at radius 1 is 1.44 bits per heavy atom. The first-order valence-corrected chi connectivity index (χ1v) is 8.01. The topological polar surface area (TPSA) is 28.2 Å². The molecule has 3 nitrogen and oxygen atoms in total. The van der Waals surface area contributed by atoms with Crippen LogP contribution < -0.4 is 5.32 Å². The van der Waals surface area contributed by atoms with Crippen LogP contribution in [-0.2, 0) is 13.1 Å². The summed E-state index contributed by atoms with van der Waals surface area (Å²) in [4.78, 5) is 7.07. The first kappa shape index (κ1) is 14.0.